The zero-order valence-electron chi connectivity index (χ0n) is 12.3. The van der Waals surface area contributed by atoms with Crippen LogP contribution in [0.1, 0.15) is 12.8 Å². The van der Waals surface area contributed by atoms with Crippen molar-refractivity contribution in [3.63, 3.8) is 0 Å². The average molecular weight is 338 g/mol. The minimum absolute atomic E-state index is 0.0940. The predicted octanol–water partition coefficient (Wildman–Crippen LogP) is 2.91. The molecule has 3 rings (SSSR count). The largest absolute Gasteiger partial charge is 0.432 e. The van der Waals surface area contributed by atoms with Gasteiger partial charge in [0.25, 0.3) is 0 Å². The second-order valence-electron chi connectivity index (χ2n) is 5.15. The molecule has 2 aromatic rings. The smallest absolute Gasteiger partial charge is 0.387 e. The first kappa shape index (κ1) is 16.0. The minimum atomic E-state index is -3.17. The molecule has 1 amide bonds. The van der Waals surface area contributed by atoms with E-state index in [0.29, 0.717) is 12.8 Å². The minimum Gasteiger partial charge on any atom is -0.432 e. The molecule has 0 aliphatic heterocycles. The molecule has 9 heteroatoms. The molecule has 0 atom stereocenters. The Morgan fingerprint density at radius 2 is 2.08 bits per heavy atom. The number of carbonyl (C=O) groups excluding carboxylic acids is 1. The molecule has 6 nitrogen and oxygen atoms in total. The molecule has 1 aliphatic rings. The van der Waals surface area contributed by atoms with Crippen molar-refractivity contribution >= 4 is 11.6 Å². The highest BCUT2D eigenvalue weighted by Gasteiger charge is 2.22. The van der Waals surface area contributed by atoms with Crippen molar-refractivity contribution in [1.82, 2.24) is 14.8 Å². The van der Waals surface area contributed by atoms with Gasteiger partial charge in [-0.2, -0.15) is 13.9 Å². The Labute approximate surface area is 134 Å². The lowest BCUT2D eigenvalue weighted by atomic mass is 10.1. The highest BCUT2D eigenvalue weighted by Crippen LogP contribution is 2.30. The van der Waals surface area contributed by atoms with E-state index in [4.69, 9.17) is 0 Å². The van der Waals surface area contributed by atoms with Crippen LogP contribution < -0.4 is 10.1 Å². The summed E-state index contributed by atoms with van der Waals surface area (Å²) in [5, 5.41) is 6.49. The van der Waals surface area contributed by atoms with E-state index in [-0.39, 0.29) is 23.2 Å². The SMILES string of the molecule is O=C(Nc1cc(F)c(OC(F)F)cc1-n1cncn1)C1CC=CC1. The molecule has 1 aliphatic carbocycles. The van der Waals surface area contributed by atoms with E-state index in [1.165, 1.54) is 17.3 Å². The van der Waals surface area contributed by atoms with Crippen LogP contribution in [-0.2, 0) is 4.79 Å². The molecular formula is C15H13F3N4O2. The van der Waals surface area contributed by atoms with Crippen molar-refractivity contribution in [2.24, 2.45) is 5.92 Å². The Kier molecular flexibility index (Phi) is 4.50. The number of amides is 1. The molecule has 0 spiro atoms. The first-order chi connectivity index (χ1) is 11.5. The van der Waals surface area contributed by atoms with Crippen molar-refractivity contribution < 1.29 is 22.7 Å². The van der Waals surface area contributed by atoms with Crippen molar-refractivity contribution in [1.29, 1.82) is 0 Å². The zero-order chi connectivity index (χ0) is 17.1. The van der Waals surface area contributed by atoms with E-state index < -0.39 is 18.2 Å². The van der Waals surface area contributed by atoms with Crippen LogP contribution in [0.4, 0.5) is 18.9 Å². The fourth-order valence-electron chi connectivity index (χ4n) is 2.42. The molecule has 24 heavy (non-hydrogen) atoms. The number of nitrogens with zero attached hydrogens (tertiary/aromatic N) is 3. The van der Waals surface area contributed by atoms with Gasteiger partial charge in [0, 0.05) is 18.1 Å². The standard InChI is InChI=1S/C15H13F3N4O2/c16-10-5-11(21-14(23)9-3-1-2-4-9)12(22-8-19-7-20-22)6-13(10)24-15(17)18/h1-2,5-9,15H,3-4H2,(H,21,23). The lowest BCUT2D eigenvalue weighted by molar-refractivity contribution is -0.119. The highest BCUT2D eigenvalue weighted by atomic mass is 19.3. The van der Waals surface area contributed by atoms with Crippen molar-refractivity contribution in [2.45, 2.75) is 19.5 Å². The quantitative estimate of drug-likeness (QED) is 0.851. The molecule has 0 radical (unpaired) electrons. The van der Waals surface area contributed by atoms with Crippen LogP contribution in [0.5, 0.6) is 5.75 Å². The summed E-state index contributed by atoms with van der Waals surface area (Å²) in [6, 6.07) is 1.97. The topological polar surface area (TPSA) is 69.0 Å². The number of anilines is 1. The van der Waals surface area contributed by atoms with Gasteiger partial charge in [0.1, 0.15) is 12.7 Å². The van der Waals surface area contributed by atoms with Gasteiger partial charge in [0.15, 0.2) is 11.6 Å². The van der Waals surface area contributed by atoms with Crippen LogP contribution >= 0.6 is 0 Å². The summed E-state index contributed by atoms with van der Waals surface area (Å²) in [4.78, 5) is 16.0. The maximum atomic E-state index is 14.0. The van der Waals surface area contributed by atoms with Crippen LogP contribution in [0.25, 0.3) is 5.69 Å². The van der Waals surface area contributed by atoms with E-state index in [1.54, 1.807) is 0 Å². The normalized spacial score (nSPS) is 14.3. The summed E-state index contributed by atoms with van der Waals surface area (Å²) in [6.07, 6.45) is 7.50. The van der Waals surface area contributed by atoms with Crippen LogP contribution in [0, 0.1) is 11.7 Å². The van der Waals surface area contributed by atoms with E-state index >= 15 is 0 Å². The molecule has 1 aromatic carbocycles. The maximum Gasteiger partial charge on any atom is 0.387 e. The fraction of sp³-hybridized carbons (Fsp3) is 0.267. The third-order valence-electron chi connectivity index (χ3n) is 3.57. The number of allylic oxidation sites excluding steroid dienone is 2. The first-order valence-electron chi connectivity index (χ1n) is 7.14. The van der Waals surface area contributed by atoms with E-state index in [0.717, 1.165) is 12.1 Å². The summed E-state index contributed by atoms with van der Waals surface area (Å²) < 4.78 is 44.1. The molecule has 1 heterocycles. The molecule has 0 saturated heterocycles. The number of hydrogen-bond acceptors (Lipinski definition) is 4. The number of aromatic nitrogens is 3. The molecule has 126 valence electrons. The summed E-state index contributed by atoms with van der Waals surface area (Å²) in [6.45, 7) is -3.17. The molecule has 0 fully saturated rings. The Hall–Kier alpha value is -2.84. The number of hydrogen-bond donors (Lipinski definition) is 1. The lowest BCUT2D eigenvalue weighted by Crippen LogP contribution is -2.22. The average Bonchev–Trinajstić information content (AvgIpc) is 3.22. The third kappa shape index (κ3) is 3.39. The number of alkyl halides is 2. The van der Waals surface area contributed by atoms with Gasteiger partial charge in [-0.05, 0) is 12.8 Å². The predicted molar refractivity (Wildman–Crippen MR) is 78.4 cm³/mol. The molecule has 0 saturated carbocycles. The molecular weight excluding hydrogens is 325 g/mol. The van der Waals surface area contributed by atoms with Crippen LogP contribution in [0.2, 0.25) is 0 Å². The monoisotopic (exact) mass is 338 g/mol. The fourth-order valence-corrected chi connectivity index (χ4v) is 2.42. The van der Waals surface area contributed by atoms with Gasteiger partial charge >= 0.3 is 6.61 Å². The van der Waals surface area contributed by atoms with Gasteiger partial charge in [-0.25, -0.2) is 14.1 Å². The molecule has 0 unspecified atom stereocenters. The Balaban J connectivity index is 1.94. The molecule has 1 aromatic heterocycles. The van der Waals surface area contributed by atoms with Crippen LogP contribution in [0.15, 0.2) is 36.9 Å². The van der Waals surface area contributed by atoms with Crippen molar-refractivity contribution in [3.8, 4) is 11.4 Å². The number of rotatable bonds is 5. The Bertz CT molecular complexity index is 754. The summed E-state index contributed by atoms with van der Waals surface area (Å²) in [5.41, 5.74) is 0.264. The third-order valence-corrected chi connectivity index (χ3v) is 3.57. The Morgan fingerprint density at radius 1 is 1.33 bits per heavy atom. The van der Waals surface area contributed by atoms with Gasteiger partial charge in [-0.3, -0.25) is 4.79 Å². The van der Waals surface area contributed by atoms with Gasteiger partial charge in [0.05, 0.1) is 11.4 Å². The van der Waals surface area contributed by atoms with Gasteiger partial charge in [-0.15, -0.1) is 0 Å². The van der Waals surface area contributed by atoms with Gasteiger partial charge in [-0.1, -0.05) is 12.2 Å². The molecule has 1 N–H and O–H groups in total. The second kappa shape index (κ2) is 6.73. The van der Waals surface area contributed by atoms with Crippen LogP contribution in [0.3, 0.4) is 0 Å². The summed E-state index contributed by atoms with van der Waals surface area (Å²) >= 11 is 0. The summed E-state index contributed by atoms with van der Waals surface area (Å²) in [5.74, 6) is -2.19. The number of benzene rings is 1. The lowest BCUT2D eigenvalue weighted by Gasteiger charge is -2.16. The van der Waals surface area contributed by atoms with E-state index in [9.17, 15) is 18.0 Å². The Morgan fingerprint density at radius 3 is 2.71 bits per heavy atom. The number of ether oxygens (including phenoxy) is 1. The van der Waals surface area contributed by atoms with Crippen molar-refractivity contribution in [2.75, 3.05) is 5.32 Å². The first-order valence-corrected chi connectivity index (χ1v) is 7.14. The van der Waals surface area contributed by atoms with Crippen LogP contribution in [-0.4, -0.2) is 27.3 Å². The highest BCUT2D eigenvalue weighted by molar-refractivity contribution is 5.95. The maximum absolute atomic E-state index is 14.0. The summed E-state index contributed by atoms with van der Waals surface area (Å²) in [7, 11) is 0. The van der Waals surface area contributed by atoms with Gasteiger partial charge < -0.3 is 10.1 Å². The zero-order valence-corrected chi connectivity index (χ0v) is 12.3. The number of halogens is 3. The van der Waals surface area contributed by atoms with Gasteiger partial charge in [0.2, 0.25) is 5.91 Å². The number of nitrogens with one attached hydrogen (secondary N) is 1. The van der Waals surface area contributed by atoms with E-state index in [2.05, 4.69) is 20.1 Å². The van der Waals surface area contributed by atoms with Crippen molar-refractivity contribution in [3.05, 3.63) is 42.8 Å². The number of carbonyl (C=O) groups is 1. The second-order valence-corrected chi connectivity index (χ2v) is 5.15. The van der Waals surface area contributed by atoms with E-state index in [1.807, 2.05) is 12.2 Å². The molecule has 0 bridgehead atoms.